The molecule has 2 aromatic heterocycles. The third-order valence-corrected chi connectivity index (χ3v) is 3.21. The predicted octanol–water partition coefficient (Wildman–Crippen LogP) is 2.00. The molecule has 3 heterocycles. The monoisotopic (exact) mass is 285 g/mol. The lowest BCUT2D eigenvalue weighted by molar-refractivity contribution is 0.181. The van der Waals surface area contributed by atoms with Gasteiger partial charge in [0.2, 0.25) is 5.95 Å². The topological polar surface area (TPSA) is 80.2 Å². The van der Waals surface area contributed by atoms with Crippen LogP contribution in [-0.2, 0) is 4.74 Å². The minimum atomic E-state index is -0.375. The number of ether oxygens (including phenoxy) is 1. The van der Waals surface area contributed by atoms with Crippen molar-refractivity contribution in [2.45, 2.75) is 13.0 Å². The van der Waals surface area contributed by atoms with Crippen molar-refractivity contribution in [3.05, 3.63) is 42.4 Å². The maximum atomic E-state index is 11.5. The number of hydrogen-bond donors (Lipinski definition) is 1. The zero-order valence-corrected chi connectivity index (χ0v) is 11.6. The van der Waals surface area contributed by atoms with E-state index in [9.17, 15) is 4.79 Å². The smallest absolute Gasteiger partial charge is 0.415 e. The molecule has 0 aromatic carbocycles. The third-order valence-electron chi connectivity index (χ3n) is 3.21. The first-order valence-corrected chi connectivity index (χ1v) is 6.68. The Morgan fingerprint density at radius 2 is 2.29 bits per heavy atom. The Balaban J connectivity index is 1.76. The number of anilines is 2. The molecule has 7 heteroatoms. The van der Waals surface area contributed by atoms with Gasteiger partial charge in [-0.2, -0.15) is 4.98 Å². The molecule has 0 radical (unpaired) electrons. The zero-order chi connectivity index (χ0) is 14.7. The average molecular weight is 285 g/mol. The second-order valence-electron chi connectivity index (χ2n) is 4.66. The summed E-state index contributed by atoms with van der Waals surface area (Å²) in [5, 5.41) is 3.20. The molecule has 1 fully saturated rings. The molecule has 0 spiro atoms. The van der Waals surface area contributed by atoms with Crippen LogP contribution in [0.15, 0.2) is 36.8 Å². The standard InChI is InChI=1S/C14H15N5O2/c1-10(11-3-2-5-15-9-11)17-13-16-6-4-12(18-13)19-7-8-21-14(19)20/h2-6,9-10H,7-8H2,1H3,(H,16,17,18). The molecule has 1 saturated heterocycles. The van der Waals surface area contributed by atoms with Crippen LogP contribution >= 0.6 is 0 Å². The van der Waals surface area contributed by atoms with Gasteiger partial charge in [0.05, 0.1) is 12.6 Å². The van der Waals surface area contributed by atoms with Gasteiger partial charge in [-0.15, -0.1) is 0 Å². The SMILES string of the molecule is CC(Nc1nccc(N2CCOC2=O)n1)c1cccnc1. The second-order valence-corrected chi connectivity index (χ2v) is 4.66. The van der Waals surface area contributed by atoms with Crippen LogP contribution in [0.1, 0.15) is 18.5 Å². The summed E-state index contributed by atoms with van der Waals surface area (Å²) in [6.45, 7) is 2.89. The van der Waals surface area contributed by atoms with E-state index < -0.39 is 0 Å². The molecule has 21 heavy (non-hydrogen) atoms. The van der Waals surface area contributed by atoms with Gasteiger partial charge >= 0.3 is 6.09 Å². The Morgan fingerprint density at radius 1 is 1.38 bits per heavy atom. The average Bonchev–Trinajstić information content (AvgIpc) is 2.94. The Morgan fingerprint density at radius 3 is 3.00 bits per heavy atom. The predicted molar refractivity (Wildman–Crippen MR) is 77.0 cm³/mol. The Bertz CT molecular complexity index is 634. The number of hydrogen-bond acceptors (Lipinski definition) is 6. The van der Waals surface area contributed by atoms with E-state index in [-0.39, 0.29) is 12.1 Å². The fraction of sp³-hybridized carbons (Fsp3) is 0.286. The third kappa shape index (κ3) is 2.91. The molecule has 1 atom stereocenters. The number of nitrogens with one attached hydrogen (secondary N) is 1. The van der Waals surface area contributed by atoms with Crippen molar-refractivity contribution in [2.24, 2.45) is 0 Å². The Hall–Kier alpha value is -2.70. The molecule has 1 N–H and O–H groups in total. The summed E-state index contributed by atoms with van der Waals surface area (Å²) >= 11 is 0. The van der Waals surface area contributed by atoms with E-state index in [1.54, 1.807) is 24.7 Å². The maximum Gasteiger partial charge on any atom is 0.415 e. The lowest BCUT2D eigenvalue weighted by Crippen LogP contribution is -2.25. The van der Waals surface area contributed by atoms with Gasteiger partial charge in [0.15, 0.2) is 0 Å². The summed E-state index contributed by atoms with van der Waals surface area (Å²) in [5.41, 5.74) is 1.03. The van der Waals surface area contributed by atoms with Crippen molar-refractivity contribution in [2.75, 3.05) is 23.4 Å². The van der Waals surface area contributed by atoms with Gasteiger partial charge in [0.25, 0.3) is 0 Å². The zero-order valence-electron chi connectivity index (χ0n) is 11.6. The van der Waals surface area contributed by atoms with Gasteiger partial charge in [-0.1, -0.05) is 6.07 Å². The van der Waals surface area contributed by atoms with Crippen LogP contribution in [0.5, 0.6) is 0 Å². The van der Waals surface area contributed by atoms with Crippen LogP contribution in [0.25, 0.3) is 0 Å². The number of cyclic esters (lactones) is 1. The number of carbonyl (C=O) groups is 1. The van der Waals surface area contributed by atoms with E-state index in [0.717, 1.165) is 5.56 Å². The summed E-state index contributed by atoms with van der Waals surface area (Å²) in [6.07, 6.45) is 4.76. The number of pyridine rings is 1. The van der Waals surface area contributed by atoms with Crippen LogP contribution in [-0.4, -0.2) is 34.2 Å². The van der Waals surface area contributed by atoms with Crippen molar-refractivity contribution in [3.8, 4) is 0 Å². The lowest BCUT2D eigenvalue weighted by Gasteiger charge is -2.16. The van der Waals surface area contributed by atoms with Crippen molar-refractivity contribution < 1.29 is 9.53 Å². The molecule has 1 aliphatic rings. The normalized spacial score (nSPS) is 15.7. The molecule has 7 nitrogen and oxygen atoms in total. The van der Waals surface area contributed by atoms with E-state index in [4.69, 9.17) is 4.74 Å². The highest BCUT2D eigenvalue weighted by atomic mass is 16.6. The number of carbonyl (C=O) groups excluding carboxylic acids is 1. The first-order chi connectivity index (χ1) is 10.2. The quantitative estimate of drug-likeness (QED) is 0.925. The molecule has 1 aliphatic heterocycles. The maximum absolute atomic E-state index is 11.5. The molecule has 108 valence electrons. The van der Waals surface area contributed by atoms with Crippen molar-refractivity contribution >= 4 is 17.9 Å². The summed E-state index contributed by atoms with van der Waals surface area (Å²) < 4.78 is 4.91. The van der Waals surface area contributed by atoms with E-state index in [2.05, 4.69) is 20.3 Å². The molecular formula is C14H15N5O2. The molecule has 1 amide bonds. The largest absolute Gasteiger partial charge is 0.447 e. The van der Waals surface area contributed by atoms with Crippen LogP contribution in [0.3, 0.4) is 0 Å². The molecule has 0 bridgehead atoms. The van der Waals surface area contributed by atoms with Crippen LogP contribution in [0.2, 0.25) is 0 Å². The van der Waals surface area contributed by atoms with Gasteiger partial charge in [-0.25, -0.2) is 9.78 Å². The Kier molecular flexibility index (Phi) is 3.63. The lowest BCUT2D eigenvalue weighted by atomic mass is 10.1. The molecule has 3 rings (SSSR count). The molecule has 1 unspecified atom stereocenters. The van der Waals surface area contributed by atoms with E-state index in [1.165, 1.54) is 4.90 Å². The summed E-state index contributed by atoms with van der Waals surface area (Å²) in [6, 6.07) is 5.56. The van der Waals surface area contributed by atoms with Crippen molar-refractivity contribution in [3.63, 3.8) is 0 Å². The van der Waals surface area contributed by atoms with Crippen molar-refractivity contribution in [1.29, 1.82) is 0 Å². The summed E-state index contributed by atoms with van der Waals surface area (Å²) in [5.74, 6) is 0.997. The minimum absolute atomic E-state index is 0.0134. The van der Waals surface area contributed by atoms with Crippen molar-refractivity contribution in [1.82, 2.24) is 15.0 Å². The fourth-order valence-corrected chi connectivity index (χ4v) is 2.08. The summed E-state index contributed by atoms with van der Waals surface area (Å²) in [4.78, 5) is 25.7. The van der Waals surface area contributed by atoms with Crippen LogP contribution < -0.4 is 10.2 Å². The van der Waals surface area contributed by atoms with E-state index in [1.807, 2.05) is 19.1 Å². The molecular weight excluding hydrogens is 270 g/mol. The first-order valence-electron chi connectivity index (χ1n) is 6.68. The summed E-state index contributed by atoms with van der Waals surface area (Å²) in [7, 11) is 0. The van der Waals surface area contributed by atoms with Gasteiger partial charge < -0.3 is 10.1 Å². The Labute approximate surface area is 122 Å². The second kappa shape index (κ2) is 5.74. The highest BCUT2D eigenvalue weighted by Gasteiger charge is 2.25. The highest BCUT2D eigenvalue weighted by molar-refractivity contribution is 5.88. The minimum Gasteiger partial charge on any atom is -0.447 e. The highest BCUT2D eigenvalue weighted by Crippen LogP contribution is 2.19. The van der Waals surface area contributed by atoms with Crippen LogP contribution in [0.4, 0.5) is 16.6 Å². The number of rotatable bonds is 4. The molecule has 2 aromatic rings. The van der Waals surface area contributed by atoms with E-state index >= 15 is 0 Å². The number of amides is 1. The number of aromatic nitrogens is 3. The molecule has 0 aliphatic carbocycles. The van der Waals surface area contributed by atoms with Gasteiger partial charge in [-0.05, 0) is 24.6 Å². The molecule has 0 saturated carbocycles. The van der Waals surface area contributed by atoms with E-state index in [0.29, 0.717) is 24.9 Å². The van der Waals surface area contributed by atoms with Gasteiger partial charge in [-0.3, -0.25) is 9.88 Å². The first kappa shape index (κ1) is 13.3. The van der Waals surface area contributed by atoms with Gasteiger partial charge in [0, 0.05) is 18.6 Å². The number of nitrogens with zero attached hydrogens (tertiary/aromatic N) is 4. The fourth-order valence-electron chi connectivity index (χ4n) is 2.08. The van der Waals surface area contributed by atoms with Crippen LogP contribution in [0, 0.1) is 0 Å². The van der Waals surface area contributed by atoms with Gasteiger partial charge in [0.1, 0.15) is 12.4 Å².